The van der Waals surface area contributed by atoms with Gasteiger partial charge in [-0.3, -0.25) is 0 Å². The second-order valence-corrected chi connectivity index (χ2v) is 8.28. The summed E-state index contributed by atoms with van der Waals surface area (Å²) in [7, 11) is -3.49. The van der Waals surface area contributed by atoms with Gasteiger partial charge in [-0.05, 0) is 72.9 Å². The fourth-order valence-corrected chi connectivity index (χ4v) is 4.93. The van der Waals surface area contributed by atoms with Crippen LogP contribution in [-0.2, 0) is 35.6 Å². The molecular formula is C18H18N4O3S. The van der Waals surface area contributed by atoms with E-state index in [4.69, 9.17) is 9.68 Å². The van der Waals surface area contributed by atoms with Crippen molar-refractivity contribution in [2.75, 3.05) is 5.32 Å². The highest BCUT2D eigenvalue weighted by molar-refractivity contribution is 7.92. The third-order valence-corrected chi connectivity index (χ3v) is 6.46. The fraction of sp³-hybridized carbons (Fsp3) is 0.333. The molecule has 0 fully saturated rings. The minimum atomic E-state index is -3.49. The molecule has 2 aliphatic rings. The Bertz CT molecular complexity index is 995. The quantitative estimate of drug-likeness (QED) is 0.808. The Kier molecular flexibility index (Phi) is 4.17. The number of carbonyl (C=O) groups is 1. The van der Waals surface area contributed by atoms with Crippen molar-refractivity contribution in [1.29, 1.82) is 5.26 Å². The Morgan fingerprint density at radius 2 is 1.88 bits per heavy atom. The zero-order chi connectivity index (χ0) is 18.1. The summed E-state index contributed by atoms with van der Waals surface area (Å²) in [6.07, 6.45) is 8.85. The van der Waals surface area contributed by atoms with Crippen LogP contribution in [0.4, 0.5) is 10.5 Å². The number of amides is 2. The van der Waals surface area contributed by atoms with Crippen molar-refractivity contribution >= 4 is 21.6 Å². The van der Waals surface area contributed by atoms with E-state index in [2.05, 4.69) is 20.5 Å². The zero-order valence-corrected chi connectivity index (χ0v) is 14.9. The van der Waals surface area contributed by atoms with Crippen LogP contribution < -0.4 is 10.0 Å². The van der Waals surface area contributed by atoms with Crippen LogP contribution in [0.1, 0.15) is 35.1 Å². The van der Waals surface area contributed by atoms with Crippen LogP contribution in [0.5, 0.6) is 0 Å². The van der Waals surface area contributed by atoms with E-state index >= 15 is 0 Å². The summed E-state index contributed by atoms with van der Waals surface area (Å²) in [5.74, 6) is 0. The van der Waals surface area contributed by atoms with Crippen LogP contribution >= 0.6 is 0 Å². The Morgan fingerprint density at radius 1 is 1.19 bits per heavy atom. The van der Waals surface area contributed by atoms with E-state index in [1.54, 1.807) is 0 Å². The lowest BCUT2D eigenvalue weighted by Gasteiger charge is -2.17. The molecule has 26 heavy (non-hydrogen) atoms. The number of rotatable bonds is 3. The van der Waals surface area contributed by atoms with Gasteiger partial charge in [-0.2, -0.15) is 5.26 Å². The van der Waals surface area contributed by atoms with Gasteiger partial charge in [0.1, 0.15) is 0 Å². The van der Waals surface area contributed by atoms with E-state index in [9.17, 15) is 9.00 Å². The second-order valence-electron chi connectivity index (χ2n) is 6.44. The molecule has 134 valence electrons. The van der Waals surface area contributed by atoms with Crippen molar-refractivity contribution < 1.29 is 13.4 Å². The van der Waals surface area contributed by atoms with Crippen molar-refractivity contribution in [1.82, 2.24) is 4.72 Å². The molecule has 2 aliphatic carbocycles. The largest absolute Gasteiger partial charge is 0.453 e. The monoisotopic (exact) mass is 370 g/mol. The van der Waals surface area contributed by atoms with E-state index in [0.29, 0.717) is 0 Å². The summed E-state index contributed by atoms with van der Waals surface area (Å²) in [5, 5.41) is 11.7. The standard InChI is InChI=1S/C18H18N4O3S/c19-11-20-26(24,16-8-3-9-25-16)22-18(23)21-17-14-6-1-4-12(14)10-13-5-2-7-15(13)17/h3,8-10H,1-2,4-7H2,(H2,20,21,22,23,24). The van der Waals surface area contributed by atoms with Gasteiger partial charge < -0.3 is 9.73 Å². The van der Waals surface area contributed by atoms with Crippen LogP contribution in [-0.4, -0.2) is 10.2 Å². The molecule has 4 rings (SSSR count). The lowest BCUT2D eigenvalue weighted by molar-refractivity contribution is 0.256. The van der Waals surface area contributed by atoms with Gasteiger partial charge in [-0.1, -0.05) is 10.4 Å². The number of fused-ring (bicyclic) bond motifs is 2. The van der Waals surface area contributed by atoms with E-state index in [1.165, 1.54) is 46.8 Å². The Morgan fingerprint density at radius 3 is 2.46 bits per heavy atom. The number of nitriles is 1. The first-order chi connectivity index (χ1) is 12.6. The number of aryl methyl sites for hydroxylation is 2. The molecule has 2 aromatic rings. The molecular weight excluding hydrogens is 352 g/mol. The van der Waals surface area contributed by atoms with Gasteiger partial charge in [0, 0.05) is 5.69 Å². The molecule has 2 N–H and O–H groups in total. The number of hydrogen-bond donors (Lipinski definition) is 2. The fourth-order valence-electron chi connectivity index (χ4n) is 3.83. The van der Waals surface area contributed by atoms with Crippen LogP contribution in [0.3, 0.4) is 0 Å². The molecule has 0 saturated carbocycles. The lowest BCUT2D eigenvalue weighted by Crippen LogP contribution is -2.34. The minimum absolute atomic E-state index is 0.0577. The number of nitrogens with one attached hydrogen (secondary N) is 2. The number of nitrogens with zero attached hydrogens (tertiary/aromatic N) is 2. The molecule has 0 bridgehead atoms. The Balaban J connectivity index is 1.65. The van der Waals surface area contributed by atoms with Crippen molar-refractivity contribution in [2.45, 2.75) is 43.6 Å². The van der Waals surface area contributed by atoms with Gasteiger partial charge in [0.2, 0.25) is 21.2 Å². The maximum atomic E-state index is 12.9. The molecule has 0 saturated heterocycles. The van der Waals surface area contributed by atoms with Gasteiger partial charge in [0.25, 0.3) is 0 Å². The molecule has 1 aromatic heterocycles. The molecule has 1 atom stereocenters. The molecule has 8 heteroatoms. The minimum Gasteiger partial charge on any atom is -0.453 e. The van der Waals surface area contributed by atoms with Crippen LogP contribution in [0.2, 0.25) is 0 Å². The van der Waals surface area contributed by atoms with Crippen molar-refractivity contribution in [3.63, 3.8) is 0 Å². The van der Waals surface area contributed by atoms with Gasteiger partial charge in [-0.15, -0.1) is 0 Å². The van der Waals surface area contributed by atoms with E-state index in [1.807, 2.05) is 0 Å². The highest BCUT2D eigenvalue weighted by Gasteiger charge is 2.26. The first-order valence-corrected chi connectivity index (χ1v) is 10.1. The van der Waals surface area contributed by atoms with Gasteiger partial charge in [0.15, 0.2) is 0 Å². The summed E-state index contributed by atoms with van der Waals surface area (Å²) in [6.45, 7) is 0. The molecule has 0 radical (unpaired) electrons. The zero-order valence-electron chi connectivity index (χ0n) is 14.1. The molecule has 1 heterocycles. The SMILES string of the molecule is N#CN=S(=O)(NC(=O)Nc1c2c(cc3c1CCC3)CCC2)c1ccco1. The predicted molar refractivity (Wildman–Crippen MR) is 95.8 cm³/mol. The predicted octanol–water partition coefficient (Wildman–Crippen LogP) is 3.30. The third kappa shape index (κ3) is 2.84. The molecule has 7 nitrogen and oxygen atoms in total. The van der Waals surface area contributed by atoms with Crippen LogP contribution in [0.15, 0.2) is 38.3 Å². The summed E-state index contributed by atoms with van der Waals surface area (Å²) in [4.78, 5) is 12.6. The smallest absolute Gasteiger partial charge is 0.332 e. The third-order valence-electron chi connectivity index (χ3n) is 4.88. The summed E-state index contributed by atoms with van der Waals surface area (Å²) in [6, 6.07) is 4.56. The number of anilines is 1. The average molecular weight is 370 g/mol. The summed E-state index contributed by atoms with van der Waals surface area (Å²) in [5.41, 5.74) is 5.75. The van der Waals surface area contributed by atoms with E-state index in [0.717, 1.165) is 44.2 Å². The molecule has 2 amide bonds. The maximum absolute atomic E-state index is 12.9. The summed E-state index contributed by atoms with van der Waals surface area (Å²) < 4.78 is 23.7. The topological polar surface area (TPSA) is 107 Å². The van der Waals surface area contributed by atoms with Crippen molar-refractivity contribution in [3.05, 3.63) is 46.7 Å². The van der Waals surface area contributed by atoms with E-state index in [-0.39, 0.29) is 5.09 Å². The van der Waals surface area contributed by atoms with Gasteiger partial charge in [0.05, 0.1) is 6.26 Å². The summed E-state index contributed by atoms with van der Waals surface area (Å²) >= 11 is 0. The highest BCUT2D eigenvalue weighted by atomic mass is 32.2. The molecule has 1 unspecified atom stereocenters. The normalized spacial score (nSPS) is 16.9. The number of benzene rings is 1. The Hall–Kier alpha value is -2.79. The highest BCUT2D eigenvalue weighted by Crippen LogP contribution is 2.38. The van der Waals surface area contributed by atoms with Crippen LogP contribution in [0, 0.1) is 11.5 Å². The molecule has 1 aromatic carbocycles. The molecule has 0 aliphatic heterocycles. The lowest BCUT2D eigenvalue weighted by atomic mass is 9.99. The Labute approximate surface area is 151 Å². The van der Waals surface area contributed by atoms with Gasteiger partial charge >= 0.3 is 6.03 Å². The average Bonchev–Trinajstić information content (AvgIpc) is 3.35. The second kappa shape index (κ2) is 6.50. The number of urea groups is 1. The first kappa shape index (κ1) is 16.7. The number of furan rings is 1. The van der Waals surface area contributed by atoms with Crippen molar-refractivity contribution in [3.8, 4) is 6.19 Å². The first-order valence-electron chi connectivity index (χ1n) is 8.55. The maximum Gasteiger partial charge on any atom is 0.332 e. The number of hydrogen-bond acceptors (Lipinski definition) is 5. The van der Waals surface area contributed by atoms with E-state index < -0.39 is 15.9 Å². The van der Waals surface area contributed by atoms with Crippen LogP contribution in [0.25, 0.3) is 0 Å². The molecule has 0 spiro atoms. The van der Waals surface area contributed by atoms with Gasteiger partial charge in [-0.25, -0.2) is 13.7 Å². The number of carbonyl (C=O) groups excluding carboxylic acids is 1. The van der Waals surface area contributed by atoms with Crippen molar-refractivity contribution in [2.24, 2.45) is 4.36 Å².